The van der Waals surface area contributed by atoms with Crippen LogP contribution in [0.4, 0.5) is 10.5 Å². The smallest absolute Gasteiger partial charge is 0.322 e. The van der Waals surface area contributed by atoms with Crippen molar-refractivity contribution >= 4 is 11.7 Å². The Labute approximate surface area is 141 Å². The van der Waals surface area contributed by atoms with Gasteiger partial charge in [0.1, 0.15) is 0 Å². The maximum atomic E-state index is 12.7. The van der Waals surface area contributed by atoms with Crippen molar-refractivity contribution in [2.24, 2.45) is 5.92 Å². The second kappa shape index (κ2) is 6.28. The zero-order valence-corrected chi connectivity index (χ0v) is 13.8. The molecule has 6 nitrogen and oxygen atoms in total. The summed E-state index contributed by atoms with van der Waals surface area (Å²) in [5.41, 5.74) is 2.78. The van der Waals surface area contributed by atoms with E-state index in [0.29, 0.717) is 25.7 Å². The molecule has 1 N–H and O–H groups in total. The van der Waals surface area contributed by atoms with Crippen LogP contribution in [0, 0.1) is 12.8 Å². The van der Waals surface area contributed by atoms with Crippen molar-refractivity contribution in [2.75, 3.05) is 25.1 Å². The van der Waals surface area contributed by atoms with E-state index in [2.05, 4.69) is 10.4 Å². The second-order valence-corrected chi connectivity index (χ2v) is 6.54. The minimum atomic E-state index is -0.0375. The van der Waals surface area contributed by atoms with Crippen molar-refractivity contribution in [2.45, 2.75) is 25.8 Å². The molecule has 1 aliphatic heterocycles. The Balaban J connectivity index is 1.50. The van der Waals surface area contributed by atoms with Crippen LogP contribution in [0.2, 0.25) is 0 Å². The van der Waals surface area contributed by atoms with Crippen LogP contribution in [0.1, 0.15) is 18.5 Å². The number of nitrogens with zero attached hydrogens (tertiary/aromatic N) is 3. The third kappa shape index (κ3) is 3.01. The molecule has 1 aromatic heterocycles. The van der Waals surface area contributed by atoms with E-state index in [-0.39, 0.29) is 12.1 Å². The number of aryl methyl sites for hydroxylation is 1. The van der Waals surface area contributed by atoms with Crippen LogP contribution < -0.4 is 5.32 Å². The Morgan fingerprint density at radius 1 is 1.33 bits per heavy atom. The van der Waals surface area contributed by atoms with Gasteiger partial charge < -0.3 is 15.0 Å². The van der Waals surface area contributed by atoms with Gasteiger partial charge in [-0.3, -0.25) is 0 Å². The van der Waals surface area contributed by atoms with Gasteiger partial charge in [0.25, 0.3) is 0 Å². The molecule has 2 fully saturated rings. The van der Waals surface area contributed by atoms with Gasteiger partial charge in [0.05, 0.1) is 24.9 Å². The molecule has 1 saturated heterocycles. The lowest BCUT2D eigenvalue weighted by molar-refractivity contribution is 0.00773. The van der Waals surface area contributed by atoms with E-state index in [1.807, 2.05) is 46.8 Å². The molecular formula is C18H22N4O2. The summed E-state index contributed by atoms with van der Waals surface area (Å²) in [7, 11) is 0. The van der Waals surface area contributed by atoms with Crippen LogP contribution in [0.15, 0.2) is 36.5 Å². The molecule has 2 aliphatic rings. The maximum Gasteiger partial charge on any atom is 0.322 e. The number of carbonyl (C=O) groups excluding carboxylic acids is 1. The Kier molecular flexibility index (Phi) is 3.98. The molecule has 0 radical (unpaired) electrons. The highest BCUT2D eigenvalue weighted by Crippen LogP contribution is 2.36. The Hall–Kier alpha value is -2.34. The average molecular weight is 326 g/mol. The first-order valence-corrected chi connectivity index (χ1v) is 8.49. The SMILES string of the molecule is Cc1ccnn1-c1cccc(NC(=O)N2CCOCC2C2CC2)c1. The molecule has 126 valence electrons. The lowest BCUT2D eigenvalue weighted by atomic mass is 10.1. The fraction of sp³-hybridized carbons (Fsp3) is 0.444. The van der Waals surface area contributed by atoms with Gasteiger partial charge in [-0.25, -0.2) is 9.48 Å². The molecule has 1 saturated carbocycles. The summed E-state index contributed by atoms with van der Waals surface area (Å²) in [6, 6.07) is 9.91. The first-order chi connectivity index (χ1) is 11.7. The van der Waals surface area contributed by atoms with Crippen molar-refractivity contribution in [3.05, 3.63) is 42.2 Å². The van der Waals surface area contributed by atoms with Crippen LogP contribution in [0.3, 0.4) is 0 Å². The topological polar surface area (TPSA) is 59.4 Å². The monoisotopic (exact) mass is 326 g/mol. The normalized spacial score (nSPS) is 20.9. The number of ether oxygens (including phenoxy) is 1. The van der Waals surface area contributed by atoms with Crippen LogP contribution in [0.25, 0.3) is 5.69 Å². The first-order valence-electron chi connectivity index (χ1n) is 8.49. The third-order valence-electron chi connectivity index (χ3n) is 4.77. The highest BCUT2D eigenvalue weighted by molar-refractivity contribution is 5.90. The summed E-state index contributed by atoms with van der Waals surface area (Å²) in [6.45, 7) is 3.94. The molecule has 4 rings (SSSR count). The van der Waals surface area contributed by atoms with Crippen LogP contribution in [0.5, 0.6) is 0 Å². The quantitative estimate of drug-likeness (QED) is 0.943. The molecule has 2 amide bonds. The first kappa shape index (κ1) is 15.2. The summed E-state index contributed by atoms with van der Waals surface area (Å²) in [4.78, 5) is 14.6. The number of rotatable bonds is 3. The lowest BCUT2D eigenvalue weighted by Crippen LogP contribution is -2.51. The lowest BCUT2D eigenvalue weighted by Gasteiger charge is -2.35. The number of hydrogen-bond donors (Lipinski definition) is 1. The molecular weight excluding hydrogens is 304 g/mol. The Bertz CT molecular complexity index is 738. The molecule has 1 aliphatic carbocycles. The molecule has 1 aromatic carbocycles. The van der Waals surface area contributed by atoms with Crippen LogP contribution in [-0.4, -0.2) is 46.5 Å². The minimum Gasteiger partial charge on any atom is -0.377 e. The van der Waals surface area contributed by atoms with Crippen molar-refractivity contribution in [3.63, 3.8) is 0 Å². The average Bonchev–Trinajstić information content (AvgIpc) is 3.36. The summed E-state index contributed by atoms with van der Waals surface area (Å²) in [5, 5.41) is 7.35. The Morgan fingerprint density at radius 2 is 2.21 bits per heavy atom. The number of benzene rings is 1. The predicted molar refractivity (Wildman–Crippen MR) is 91.4 cm³/mol. The summed E-state index contributed by atoms with van der Waals surface area (Å²) < 4.78 is 7.42. The minimum absolute atomic E-state index is 0.0375. The summed E-state index contributed by atoms with van der Waals surface area (Å²) in [5.74, 6) is 0.606. The van der Waals surface area contributed by atoms with Crippen molar-refractivity contribution < 1.29 is 9.53 Å². The number of carbonyl (C=O) groups is 1. The number of aromatic nitrogens is 2. The summed E-state index contributed by atoms with van der Waals surface area (Å²) in [6.07, 6.45) is 4.17. The number of hydrogen-bond acceptors (Lipinski definition) is 3. The molecule has 2 heterocycles. The summed E-state index contributed by atoms with van der Waals surface area (Å²) >= 11 is 0. The van der Waals surface area contributed by atoms with Crippen LogP contribution in [-0.2, 0) is 4.74 Å². The van der Waals surface area contributed by atoms with Gasteiger partial charge in [0.2, 0.25) is 0 Å². The molecule has 2 aromatic rings. The van der Waals surface area contributed by atoms with Gasteiger partial charge in [0, 0.05) is 24.1 Å². The van der Waals surface area contributed by atoms with E-state index in [0.717, 1.165) is 17.1 Å². The molecule has 1 atom stereocenters. The second-order valence-electron chi connectivity index (χ2n) is 6.54. The van der Waals surface area contributed by atoms with E-state index in [4.69, 9.17) is 4.74 Å². The van der Waals surface area contributed by atoms with Gasteiger partial charge in [0.15, 0.2) is 0 Å². The van der Waals surface area contributed by atoms with E-state index in [1.165, 1.54) is 12.8 Å². The zero-order chi connectivity index (χ0) is 16.5. The van der Waals surface area contributed by atoms with Gasteiger partial charge in [-0.1, -0.05) is 6.07 Å². The van der Waals surface area contributed by atoms with Gasteiger partial charge in [-0.2, -0.15) is 5.10 Å². The fourth-order valence-electron chi connectivity index (χ4n) is 3.30. The highest BCUT2D eigenvalue weighted by atomic mass is 16.5. The number of urea groups is 1. The molecule has 0 bridgehead atoms. The molecule has 6 heteroatoms. The number of amides is 2. The maximum absolute atomic E-state index is 12.7. The predicted octanol–water partition coefficient (Wildman–Crippen LogP) is 2.82. The largest absolute Gasteiger partial charge is 0.377 e. The van der Waals surface area contributed by atoms with Crippen LogP contribution >= 0.6 is 0 Å². The van der Waals surface area contributed by atoms with Gasteiger partial charge in [-0.15, -0.1) is 0 Å². The highest BCUT2D eigenvalue weighted by Gasteiger charge is 2.39. The molecule has 24 heavy (non-hydrogen) atoms. The molecule has 0 spiro atoms. The standard InChI is InChI=1S/C18H22N4O2/c1-13-7-8-19-22(13)16-4-2-3-15(11-16)20-18(23)21-9-10-24-12-17(21)14-5-6-14/h2-4,7-8,11,14,17H,5-6,9-10,12H2,1H3,(H,20,23). The van der Waals surface area contributed by atoms with E-state index >= 15 is 0 Å². The molecule has 1 unspecified atom stereocenters. The third-order valence-corrected chi connectivity index (χ3v) is 4.77. The number of anilines is 1. The number of morpholine rings is 1. The van der Waals surface area contributed by atoms with E-state index in [1.54, 1.807) is 6.20 Å². The zero-order valence-electron chi connectivity index (χ0n) is 13.8. The fourth-order valence-corrected chi connectivity index (χ4v) is 3.30. The van der Waals surface area contributed by atoms with Crippen molar-refractivity contribution in [1.29, 1.82) is 0 Å². The van der Waals surface area contributed by atoms with E-state index in [9.17, 15) is 4.79 Å². The number of nitrogens with one attached hydrogen (secondary N) is 1. The van der Waals surface area contributed by atoms with E-state index < -0.39 is 0 Å². The van der Waals surface area contributed by atoms with Gasteiger partial charge >= 0.3 is 6.03 Å². The van der Waals surface area contributed by atoms with Crippen molar-refractivity contribution in [3.8, 4) is 5.69 Å². The van der Waals surface area contributed by atoms with Gasteiger partial charge in [-0.05, 0) is 49.9 Å². The Morgan fingerprint density at radius 3 is 2.96 bits per heavy atom. The van der Waals surface area contributed by atoms with Crippen molar-refractivity contribution in [1.82, 2.24) is 14.7 Å².